The van der Waals surface area contributed by atoms with Crippen molar-refractivity contribution >= 4 is 27.1 Å². The largest absolute Gasteiger partial charge is 0.437 e. The van der Waals surface area contributed by atoms with Gasteiger partial charge in [0.1, 0.15) is 10.8 Å². The van der Waals surface area contributed by atoms with Crippen LogP contribution in [-0.4, -0.2) is 31.6 Å². The molecule has 0 radical (unpaired) electrons. The van der Waals surface area contributed by atoms with E-state index in [2.05, 4.69) is 10.3 Å². The van der Waals surface area contributed by atoms with E-state index in [4.69, 9.17) is 4.74 Å². The van der Waals surface area contributed by atoms with E-state index in [1.807, 2.05) is 30.3 Å². The normalized spacial score (nSPS) is 18.4. The summed E-state index contributed by atoms with van der Waals surface area (Å²) in [5, 5.41) is 5.09. The van der Waals surface area contributed by atoms with Crippen LogP contribution in [0.25, 0.3) is 0 Å². The fourth-order valence-electron chi connectivity index (χ4n) is 3.19. The van der Waals surface area contributed by atoms with Crippen LogP contribution in [0.1, 0.15) is 52.7 Å². The third-order valence-corrected chi connectivity index (χ3v) is 7.04. The number of amides is 1. The van der Waals surface area contributed by atoms with Gasteiger partial charge in [0.25, 0.3) is 5.91 Å². The van der Waals surface area contributed by atoms with Gasteiger partial charge in [-0.1, -0.05) is 30.7 Å². The molecule has 4 rings (SSSR count). The summed E-state index contributed by atoms with van der Waals surface area (Å²) < 4.78 is 28.9. The van der Waals surface area contributed by atoms with Crippen LogP contribution in [0.15, 0.2) is 41.8 Å². The summed E-state index contributed by atoms with van der Waals surface area (Å²) >= 11 is 1.38. The lowest BCUT2D eigenvalue weighted by Crippen LogP contribution is -2.34. The molecule has 29 heavy (non-hydrogen) atoms. The van der Waals surface area contributed by atoms with Gasteiger partial charge >= 0.3 is 0 Å². The fraction of sp³-hybridized carbons (Fsp3) is 0.429. The summed E-state index contributed by atoms with van der Waals surface area (Å²) in [6.45, 7) is 0. The number of aromatic nitrogens is 1. The molecule has 1 aromatic heterocycles. The molecule has 0 saturated heterocycles. The number of carbonyl (C=O) groups is 1. The van der Waals surface area contributed by atoms with Crippen LogP contribution in [0.3, 0.4) is 0 Å². The number of nitrogens with one attached hydrogen (secondary N) is 1. The van der Waals surface area contributed by atoms with Crippen LogP contribution >= 0.6 is 11.3 Å². The van der Waals surface area contributed by atoms with Crippen molar-refractivity contribution in [2.45, 2.75) is 44.1 Å². The number of para-hydroxylation sites is 1. The molecule has 0 aliphatic heterocycles. The molecule has 2 aliphatic carbocycles. The number of thiazole rings is 1. The van der Waals surface area contributed by atoms with E-state index in [1.54, 1.807) is 6.08 Å². The zero-order chi connectivity index (χ0) is 20.4. The molecule has 1 atom stereocenters. The number of rotatable bonds is 8. The predicted octanol–water partition coefficient (Wildman–Crippen LogP) is 4.27. The second-order valence-corrected chi connectivity index (χ2v) is 10.7. The van der Waals surface area contributed by atoms with Gasteiger partial charge in [-0.05, 0) is 43.7 Å². The van der Waals surface area contributed by atoms with Crippen molar-refractivity contribution in [2.24, 2.45) is 5.92 Å². The average Bonchev–Trinajstić information content (AvgIpc) is 3.39. The Kier molecular flexibility index (Phi) is 5.74. The van der Waals surface area contributed by atoms with Crippen LogP contribution in [0.4, 0.5) is 0 Å². The number of carbonyl (C=O) groups excluding carboxylic acids is 1. The maximum absolute atomic E-state index is 13.1. The monoisotopic (exact) mass is 432 g/mol. The molecule has 1 amide bonds. The van der Waals surface area contributed by atoms with E-state index in [0.717, 1.165) is 36.9 Å². The quantitative estimate of drug-likeness (QED) is 0.673. The van der Waals surface area contributed by atoms with Gasteiger partial charge in [0.15, 0.2) is 14.7 Å². The number of hydrogen-bond acceptors (Lipinski definition) is 6. The molecule has 6 nitrogen and oxygen atoms in total. The van der Waals surface area contributed by atoms with Gasteiger partial charge in [-0.3, -0.25) is 4.79 Å². The van der Waals surface area contributed by atoms with Gasteiger partial charge in [0, 0.05) is 17.6 Å². The molecule has 8 heteroatoms. The van der Waals surface area contributed by atoms with Crippen LogP contribution in [-0.2, 0) is 9.84 Å². The van der Waals surface area contributed by atoms with Crippen molar-refractivity contribution in [3.05, 3.63) is 51.7 Å². The lowest BCUT2D eigenvalue weighted by atomic mass is 9.86. The first kappa shape index (κ1) is 20.1. The van der Waals surface area contributed by atoms with E-state index in [0.29, 0.717) is 22.4 Å². The Morgan fingerprint density at radius 1 is 1.24 bits per heavy atom. The highest BCUT2D eigenvalue weighted by Crippen LogP contribution is 2.42. The number of nitrogens with zero attached hydrogens (tertiary/aromatic N) is 1. The maximum atomic E-state index is 13.1. The predicted molar refractivity (Wildman–Crippen MR) is 113 cm³/mol. The summed E-state index contributed by atoms with van der Waals surface area (Å²) in [4.78, 5) is 18.1. The molecule has 0 unspecified atom stereocenters. The van der Waals surface area contributed by atoms with Gasteiger partial charge in [-0.15, -0.1) is 11.3 Å². The number of benzene rings is 1. The molecule has 1 aromatic carbocycles. The number of hydrogen-bond donors (Lipinski definition) is 1. The molecule has 154 valence electrons. The number of sulfone groups is 1. The van der Waals surface area contributed by atoms with Crippen molar-refractivity contribution in [1.82, 2.24) is 10.3 Å². The fourth-order valence-corrected chi connectivity index (χ4v) is 4.71. The zero-order valence-electron chi connectivity index (χ0n) is 16.2. The highest BCUT2D eigenvalue weighted by molar-refractivity contribution is 7.93. The second kappa shape index (κ2) is 8.28. The summed E-state index contributed by atoms with van der Waals surface area (Å²) in [6, 6.07) is 8.98. The minimum absolute atomic E-state index is 0.269. The smallest absolute Gasteiger partial charge is 0.267 e. The lowest BCUT2D eigenvalue weighted by molar-refractivity contribution is 0.0942. The lowest BCUT2D eigenvalue weighted by Gasteiger charge is -2.22. The number of ether oxygens (including phenoxy) is 1. The molecule has 2 fully saturated rings. The van der Waals surface area contributed by atoms with E-state index in [9.17, 15) is 13.2 Å². The maximum Gasteiger partial charge on any atom is 0.267 e. The van der Waals surface area contributed by atoms with Crippen molar-refractivity contribution in [3.63, 3.8) is 0 Å². The SMILES string of the molecule is CS(=O)(=O)/C=C/[C@@H](NC(=O)c1sc(C2CCC2)nc1Oc1ccccc1)C1CC1. The Hall–Kier alpha value is -2.19. The molecule has 2 aliphatic rings. The van der Waals surface area contributed by atoms with Crippen LogP contribution in [0.2, 0.25) is 0 Å². The summed E-state index contributed by atoms with van der Waals surface area (Å²) in [5.41, 5.74) is 0. The molecule has 2 saturated carbocycles. The molecule has 1 N–H and O–H groups in total. The average molecular weight is 433 g/mol. The van der Waals surface area contributed by atoms with Crippen LogP contribution in [0, 0.1) is 5.92 Å². The van der Waals surface area contributed by atoms with E-state index in [1.165, 1.54) is 23.2 Å². The van der Waals surface area contributed by atoms with Crippen molar-refractivity contribution in [2.75, 3.05) is 6.26 Å². The highest BCUT2D eigenvalue weighted by atomic mass is 32.2. The van der Waals surface area contributed by atoms with E-state index in [-0.39, 0.29) is 17.9 Å². The first-order valence-electron chi connectivity index (χ1n) is 9.82. The Morgan fingerprint density at radius 2 is 1.97 bits per heavy atom. The highest BCUT2D eigenvalue weighted by Gasteiger charge is 2.33. The van der Waals surface area contributed by atoms with E-state index >= 15 is 0 Å². The minimum Gasteiger partial charge on any atom is -0.437 e. The van der Waals surface area contributed by atoms with Gasteiger partial charge in [0.05, 0.1) is 6.04 Å². The topological polar surface area (TPSA) is 85.4 Å². The third kappa shape index (κ3) is 5.25. The first-order valence-corrected chi connectivity index (χ1v) is 12.6. The summed E-state index contributed by atoms with van der Waals surface area (Å²) in [6.07, 6.45) is 8.03. The second-order valence-electron chi connectivity index (χ2n) is 7.72. The van der Waals surface area contributed by atoms with Crippen LogP contribution < -0.4 is 10.1 Å². The minimum atomic E-state index is -3.24. The first-order chi connectivity index (χ1) is 13.9. The molecular formula is C21H24N2O4S2. The van der Waals surface area contributed by atoms with Crippen LogP contribution in [0.5, 0.6) is 11.6 Å². The standard InChI is InChI=1S/C21H24N2O4S2/c1-29(25,26)13-12-17(14-10-11-14)22-19(24)18-20(27-16-8-3-2-4-9-16)23-21(28-18)15-6-5-7-15/h2-4,8-9,12-15,17H,5-7,10-11H2,1H3,(H,22,24)/b13-12+/t17-/m1/s1. The molecule has 1 heterocycles. The van der Waals surface area contributed by atoms with Gasteiger partial charge in [0.2, 0.25) is 5.88 Å². The summed E-state index contributed by atoms with van der Waals surface area (Å²) in [7, 11) is -3.24. The van der Waals surface area contributed by atoms with Crippen molar-refractivity contribution in [3.8, 4) is 11.6 Å². The van der Waals surface area contributed by atoms with Gasteiger partial charge in [-0.2, -0.15) is 0 Å². The Labute approximate surface area is 174 Å². The molecule has 0 bridgehead atoms. The summed E-state index contributed by atoms with van der Waals surface area (Å²) in [5.74, 6) is 1.34. The Bertz CT molecular complexity index is 1010. The molecule has 2 aromatic rings. The van der Waals surface area contributed by atoms with Gasteiger partial charge < -0.3 is 10.1 Å². The zero-order valence-corrected chi connectivity index (χ0v) is 17.8. The van der Waals surface area contributed by atoms with Gasteiger partial charge in [-0.25, -0.2) is 13.4 Å². The Morgan fingerprint density at radius 3 is 2.55 bits per heavy atom. The molecular weight excluding hydrogens is 408 g/mol. The van der Waals surface area contributed by atoms with E-state index < -0.39 is 9.84 Å². The molecule has 0 spiro atoms. The van der Waals surface area contributed by atoms with Crippen molar-refractivity contribution in [1.29, 1.82) is 0 Å². The third-order valence-electron chi connectivity index (χ3n) is 5.19. The Balaban J connectivity index is 1.57. The van der Waals surface area contributed by atoms with Crippen molar-refractivity contribution < 1.29 is 17.9 Å².